The summed E-state index contributed by atoms with van der Waals surface area (Å²) in [6.45, 7) is 2.85. The molecule has 5 rings (SSSR count). The van der Waals surface area contributed by atoms with Crippen molar-refractivity contribution < 1.29 is 0 Å². The Bertz CT molecular complexity index is 1130. The van der Waals surface area contributed by atoms with Crippen molar-refractivity contribution >= 4 is 22.9 Å². The topological polar surface area (TPSA) is 41.9 Å². The molecular formula is C23H19ClN4S. The van der Waals surface area contributed by atoms with E-state index in [0.29, 0.717) is 0 Å². The first-order valence-electron chi connectivity index (χ1n) is 9.57. The molecule has 0 N–H and O–H groups in total. The van der Waals surface area contributed by atoms with Crippen molar-refractivity contribution in [1.82, 2.24) is 19.9 Å². The van der Waals surface area contributed by atoms with Crippen molar-refractivity contribution in [3.63, 3.8) is 0 Å². The second-order valence-corrected chi connectivity index (χ2v) is 8.74. The van der Waals surface area contributed by atoms with Crippen molar-refractivity contribution in [2.45, 2.75) is 19.5 Å². The molecule has 4 nitrogen and oxygen atoms in total. The maximum absolute atomic E-state index is 6.00. The standard InChI is InChI=1S/C23H19ClN4S/c24-19-3-1-16(2-4-19)22-6-5-20(29-22)15-28-12-9-21-18(14-28)13-26-23(27-21)17-7-10-25-11-8-17/h1-8,10-11,13H,9,12,14-15H2. The van der Waals surface area contributed by atoms with Crippen LogP contribution in [0.3, 0.4) is 0 Å². The molecule has 1 aliphatic heterocycles. The predicted octanol–water partition coefficient (Wildman–Crippen LogP) is 5.48. The zero-order chi connectivity index (χ0) is 19.6. The van der Waals surface area contributed by atoms with Crippen LogP contribution in [0.1, 0.15) is 16.1 Å². The Morgan fingerprint density at radius 1 is 0.966 bits per heavy atom. The molecule has 0 aliphatic carbocycles. The van der Waals surface area contributed by atoms with E-state index >= 15 is 0 Å². The quantitative estimate of drug-likeness (QED) is 0.440. The Morgan fingerprint density at radius 2 is 1.79 bits per heavy atom. The maximum atomic E-state index is 6.00. The molecule has 0 spiro atoms. The summed E-state index contributed by atoms with van der Waals surface area (Å²) in [5.74, 6) is 0.783. The molecule has 0 bridgehead atoms. The lowest BCUT2D eigenvalue weighted by molar-refractivity contribution is 0.245. The third-order valence-electron chi connectivity index (χ3n) is 5.12. The first-order chi connectivity index (χ1) is 14.2. The SMILES string of the molecule is Clc1ccc(-c2ccc(CN3CCc4nc(-c5ccncc5)ncc4C3)s2)cc1. The van der Waals surface area contributed by atoms with Crippen LogP contribution in [0.2, 0.25) is 5.02 Å². The minimum absolute atomic E-state index is 0.770. The number of aromatic nitrogens is 3. The summed E-state index contributed by atoms with van der Waals surface area (Å²) in [5, 5.41) is 0.770. The van der Waals surface area contributed by atoms with Crippen LogP contribution in [-0.4, -0.2) is 26.4 Å². The second-order valence-electron chi connectivity index (χ2n) is 7.13. The Labute approximate surface area is 178 Å². The minimum atomic E-state index is 0.770. The maximum Gasteiger partial charge on any atom is 0.159 e. The molecule has 4 aromatic rings. The number of halogens is 1. The molecule has 0 saturated carbocycles. The largest absolute Gasteiger partial charge is 0.293 e. The summed E-state index contributed by atoms with van der Waals surface area (Å²) < 4.78 is 0. The van der Waals surface area contributed by atoms with Gasteiger partial charge in [0.15, 0.2) is 5.82 Å². The zero-order valence-electron chi connectivity index (χ0n) is 15.8. The molecular weight excluding hydrogens is 400 g/mol. The highest BCUT2D eigenvalue weighted by Gasteiger charge is 2.19. The summed E-state index contributed by atoms with van der Waals surface area (Å²) in [4.78, 5) is 18.6. The van der Waals surface area contributed by atoms with Gasteiger partial charge in [0.05, 0.1) is 5.69 Å². The molecule has 0 unspecified atom stereocenters. The molecule has 0 saturated heterocycles. The van der Waals surface area contributed by atoms with Crippen molar-refractivity contribution in [1.29, 1.82) is 0 Å². The highest BCUT2D eigenvalue weighted by Crippen LogP contribution is 2.30. The van der Waals surface area contributed by atoms with E-state index < -0.39 is 0 Å². The molecule has 0 fully saturated rings. The fourth-order valence-electron chi connectivity index (χ4n) is 3.60. The highest BCUT2D eigenvalue weighted by atomic mass is 35.5. The summed E-state index contributed by atoms with van der Waals surface area (Å²) in [6, 6.07) is 16.4. The van der Waals surface area contributed by atoms with E-state index in [2.05, 4.69) is 39.1 Å². The van der Waals surface area contributed by atoms with Gasteiger partial charge in [0.2, 0.25) is 0 Å². The summed E-state index contributed by atoms with van der Waals surface area (Å²) >= 11 is 7.85. The molecule has 144 valence electrons. The van der Waals surface area contributed by atoms with Crippen LogP contribution in [0.4, 0.5) is 0 Å². The molecule has 1 aliphatic rings. The molecule has 6 heteroatoms. The van der Waals surface area contributed by atoms with Crippen LogP contribution in [0.15, 0.2) is 67.1 Å². The van der Waals surface area contributed by atoms with Gasteiger partial charge in [0, 0.05) is 70.5 Å². The molecule has 0 radical (unpaired) electrons. The number of hydrogen-bond acceptors (Lipinski definition) is 5. The van der Waals surface area contributed by atoms with Gasteiger partial charge >= 0.3 is 0 Å². The number of hydrogen-bond donors (Lipinski definition) is 0. The lowest BCUT2D eigenvalue weighted by atomic mass is 10.1. The first-order valence-corrected chi connectivity index (χ1v) is 10.8. The smallest absolute Gasteiger partial charge is 0.159 e. The van der Waals surface area contributed by atoms with Crippen LogP contribution in [0.25, 0.3) is 21.8 Å². The van der Waals surface area contributed by atoms with Gasteiger partial charge in [-0.25, -0.2) is 9.97 Å². The zero-order valence-corrected chi connectivity index (χ0v) is 17.3. The third-order valence-corrected chi connectivity index (χ3v) is 6.49. The molecule has 0 atom stereocenters. The summed E-state index contributed by atoms with van der Waals surface area (Å²) in [5.41, 5.74) is 4.62. The van der Waals surface area contributed by atoms with Gasteiger partial charge in [0.1, 0.15) is 0 Å². The van der Waals surface area contributed by atoms with Gasteiger partial charge in [0.25, 0.3) is 0 Å². The fourth-order valence-corrected chi connectivity index (χ4v) is 4.78. The van der Waals surface area contributed by atoms with Crippen LogP contribution >= 0.6 is 22.9 Å². The molecule has 4 heterocycles. The number of thiophene rings is 1. The van der Waals surface area contributed by atoms with E-state index in [4.69, 9.17) is 16.6 Å². The lowest BCUT2D eigenvalue weighted by Crippen LogP contribution is -2.30. The van der Waals surface area contributed by atoms with Crippen molar-refractivity contribution in [2.75, 3.05) is 6.54 Å². The van der Waals surface area contributed by atoms with Crippen molar-refractivity contribution in [3.8, 4) is 21.8 Å². The van der Waals surface area contributed by atoms with Gasteiger partial charge in [-0.1, -0.05) is 23.7 Å². The van der Waals surface area contributed by atoms with Gasteiger partial charge in [-0.15, -0.1) is 11.3 Å². The molecule has 3 aromatic heterocycles. The second kappa shape index (κ2) is 8.03. The Hall–Kier alpha value is -2.60. The monoisotopic (exact) mass is 418 g/mol. The summed E-state index contributed by atoms with van der Waals surface area (Å²) in [7, 11) is 0. The van der Waals surface area contributed by atoms with E-state index in [0.717, 1.165) is 48.2 Å². The average Bonchev–Trinajstić information content (AvgIpc) is 3.23. The van der Waals surface area contributed by atoms with Gasteiger partial charge in [-0.3, -0.25) is 9.88 Å². The molecule has 0 amide bonds. The van der Waals surface area contributed by atoms with E-state index in [1.807, 2.05) is 41.8 Å². The number of rotatable bonds is 4. The Morgan fingerprint density at radius 3 is 2.62 bits per heavy atom. The van der Waals surface area contributed by atoms with Crippen LogP contribution < -0.4 is 0 Å². The predicted molar refractivity (Wildman–Crippen MR) is 118 cm³/mol. The molecule has 1 aromatic carbocycles. The number of benzene rings is 1. The fraction of sp³-hybridized carbons (Fsp3) is 0.174. The van der Waals surface area contributed by atoms with E-state index in [9.17, 15) is 0 Å². The molecule has 29 heavy (non-hydrogen) atoms. The Kier molecular flexibility index (Phi) is 5.10. The highest BCUT2D eigenvalue weighted by molar-refractivity contribution is 7.15. The van der Waals surface area contributed by atoms with Crippen LogP contribution in [0.5, 0.6) is 0 Å². The average molecular weight is 419 g/mol. The van der Waals surface area contributed by atoms with Crippen LogP contribution in [0, 0.1) is 0 Å². The summed E-state index contributed by atoms with van der Waals surface area (Å²) in [6.07, 6.45) is 6.49. The van der Waals surface area contributed by atoms with E-state index in [1.54, 1.807) is 12.4 Å². The van der Waals surface area contributed by atoms with E-state index in [-0.39, 0.29) is 0 Å². The third kappa shape index (κ3) is 4.08. The number of nitrogens with zero attached hydrogens (tertiary/aromatic N) is 4. The Balaban J connectivity index is 1.29. The van der Waals surface area contributed by atoms with Crippen molar-refractivity contribution in [2.24, 2.45) is 0 Å². The van der Waals surface area contributed by atoms with Crippen LogP contribution in [-0.2, 0) is 19.5 Å². The first kappa shape index (κ1) is 18.4. The van der Waals surface area contributed by atoms with Crippen molar-refractivity contribution in [3.05, 3.63) is 88.3 Å². The number of pyridine rings is 1. The normalized spacial score (nSPS) is 14.0. The number of fused-ring (bicyclic) bond motifs is 1. The van der Waals surface area contributed by atoms with Gasteiger partial charge < -0.3 is 0 Å². The van der Waals surface area contributed by atoms with Gasteiger partial charge in [-0.05, 0) is 42.0 Å². The van der Waals surface area contributed by atoms with E-state index in [1.165, 1.54) is 20.9 Å². The minimum Gasteiger partial charge on any atom is -0.293 e. The van der Waals surface area contributed by atoms with Gasteiger partial charge in [-0.2, -0.15) is 0 Å². The lowest BCUT2D eigenvalue weighted by Gasteiger charge is -2.27.